The minimum atomic E-state index is 0.380. The molecule has 0 atom stereocenters. The molecule has 0 fully saturated rings. The number of methoxy groups -OCH3 is 1. The molecule has 20 heavy (non-hydrogen) atoms. The summed E-state index contributed by atoms with van der Waals surface area (Å²) in [5, 5.41) is 10.5. The molecule has 2 aromatic heterocycles. The highest BCUT2D eigenvalue weighted by molar-refractivity contribution is 7.98. The maximum absolute atomic E-state index is 9.35. The molecule has 0 saturated carbocycles. The molecule has 0 unspecified atom stereocenters. The lowest BCUT2D eigenvalue weighted by molar-refractivity contribution is 0.398. The molecule has 0 aliphatic rings. The normalized spacial score (nSPS) is 11.0. The molecule has 7 heteroatoms. The summed E-state index contributed by atoms with van der Waals surface area (Å²) in [6.07, 6.45) is 1.89. The van der Waals surface area contributed by atoms with E-state index in [-0.39, 0.29) is 0 Å². The minimum absolute atomic E-state index is 0.380. The molecule has 2 N–H and O–H groups in total. The maximum Gasteiger partial charge on any atom is 0.228 e. The van der Waals surface area contributed by atoms with Gasteiger partial charge in [0, 0.05) is 6.54 Å². The van der Waals surface area contributed by atoms with Gasteiger partial charge in [-0.15, -0.1) is 0 Å². The number of hydrogen-bond acceptors (Lipinski definition) is 6. The Labute approximate surface area is 121 Å². The van der Waals surface area contributed by atoms with Crippen molar-refractivity contribution in [1.29, 1.82) is 5.26 Å². The van der Waals surface area contributed by atoms with Gasteiger partial charge in [-0.1, -0.05) is 25.6 Å². The highest BCUT2D eigenvalue weighted by atomic mass is 32.2. The highest BCUT2D eigenvalue weighted by Gasteiger charge is 2.22. The molecule has 2 rings (SSSR count). The molecule has 0 amide bonds. The summed E-state index contributed by atoms with van der Waals surface area (Å²) in [7, 11) is 1.53. The number of nitriles is 1. The molecule has 0 aliphatic carbocycles. The topological polar surface area (TPSA) is 89.8 Å². The van der Waals surface area contributed by atoms with Crippen LogP contribution in [0.15, 0.2) is 5.16 Å². The van der Waals surface area contributed by atoms with Crippen molar-refractivity contribution < 1.29 is 4.74 Å². The van der Waals surface area contributed by atoms with Crippen LogP contribution in [0.3, 0.4) is 0 Å². The second kappa shape index (κ2) is 5.59. The van der Waals surface area contributed by atoms with Crippen LogP contribution in [-0.2, 0) is 6.54 Å². The Bertz CT molecular complexity index is 686. The fourth-order valence-corrected chi connectivity index (χ4v) is 2.46. The third-order valence-electron chi connectivity index (χ3n) is 2.92. The zero-order valence-electron chi connectivity index (χ0n) is 12.0. The second-order valence-corrected chi connectivity index (χ2v) is 5.57. The van der Waals surface area contributed by atoms with E-state index in [1.54, 1.807) is 0 Å². The largest absolute Gasteiger partial charge is 0.480 e. The van der Waals surface area contributed by atoms with E-state index in [1.165, 1.54) is 18.9 Å². The van der Waals surface area contributed by atoms with Crippen LogP contribution in [0.1, 0.15) is 19.4 Å². The highest BCUT2D eigenvalue weighted by Crippen LogP contribution is 2.34. The first kappa shape index (κ1) is 14.5. The van der Waals surface area contributed by atoms with Gasteiger partial charge in [-0.05, 0) is 12.2 Å². The Morgan fingerprint density at radius 1 is 1.45 bits per heavy atom. The predicted octanol–water partition coefficient (Wildman–Crippen LogP) is 2.27. The molecule has 6 nitrogen and oxygen atoms in total. The minimum Gasteiger partial charge on any atom is -0.480 e. The summed E-state index contributed by atoms with van der Waals surface area (Å²) < 4.78 is 7.16. The van der Waals surface area contributed by atoms with Crippen LogP contribution in [0.4, 0.5) is 5.82 Å². The van der Waals surface area contributed by atoms with Crippen molar-refractivity contribution in [3.63, 3.8) is 0 Å². The van der Waals surface area contributed by atoms with Crippen LogP contribution >= 0.6 is 11.8 Å². The SMILES string of the molecule is COc1nc(SC)nc2c1c(C#N)c(N)n2CC(C)C. The lowest BCUT2D eigenvalue weighted by Crippen LogP contribution is -2.09. The average Bonchev–Trinajstić information content (AvgIpc) is 2.69. The van der Waals surface area contributed by atoms with E-state index < -0.39 is 0 Å². The first-order valence-corrected chi connectivity index (χ1v) is 7.43. The van der Waals surface area contributed by atoms with Gasteiger partial charge in [0.25, 0.3) is 0 Å². The number of rotatable bonds is 4. The average molecular weight is 291 g/mol. The first-order chi connectivity index (χ1) is 9.53. The van der Waals surface area contributed by atoms with Gasteiger partial charge >= 0.3 is 0 Å². The first-order valence-electron chi connectivity index (χ1n) is 6.21. The van der Waals surface area contributed by atoms with Gasteiger partial charge in [0.1, 0.15) is 22.8 Å². The summed E-state index contributed by atoms with van der Waals surface area (Å²) in [5.74, 6) is 1.20. The molecule has 2 aromatic rings. The van der Waals surface area contributed by atoms with Crippen molar-refractivity contribution in [2.45, 2.75) is 25.5 Å². The molecular weight excluding hydrogens is 274 g/mol. The third kappa shape index (κ3) is 2.27. The lowest BCUT2D eigenvalue weighted by atomic mass is 10.2. The zero-order valence-corrected chi connectivity index (χ0v) is 12.8. The smallest absolute Gasteiger partial charge is 0.228 e. The van der Waals surface area contributed by atoms with Crippen LogP contribution in [-0.4, -0.2) is 27.9 Å². The zero-order chi connectivity index (χ0) is 14.9. The van der Waals surface area contributed by atoms with Gasteiger partial charge in [-0.2, -0.15) is 10.2 Å². The fourth-order valence-electron chi connectivity index (χ4n) is 2.10. The van der Waals surface area contributed by atoms with Crippen molar-refractivity contribution in [3.8, 4) is 11.9 Å². The van der Waals surface area contributed by atoms with E-state index in [0.29, 0.717) is 45.9 Å². The Kier molecular flexibility index (Phi) is 4.04. The second-order valence-electron chi connectivity index (χ2n) is 4.79. The van der Waals surface area contributed by atoms with E-state index in [9.17, 15) is 5.26 Å². The van der Waals surface area contributed by atoms with Crippen LogP contribution in [0.5, 0.6) is 5.88 Å². The Balaban J connectivity index is 2.86. The molecule has 0 radical (unpaired) electrons. The number of aromatic nitrogens is 3. The Morgan fingerprint density at radius 3 is 2.65 bits per heavy atom. The van der Waals surface area contributed by atoms with E-state index >= 15 is 0 Å². The van der Waals surface area contributed by atoms with Gasteiger partial charge < -0.3 is 15.0 Å². The maximum atomic E-state index is 9.35. The molecule has 0 bridgehead atoms. The van der Waals surface area contributed by atoms with Crippen LogP contribution in [0.2, 0.25) is 0 Å². The van der Waals surface area contributed by atoms with Gasteiger partial charge in [-0.3, -0.25) is 0 Å². The number of nitrogens with two attached hydrogens (primary N) is 1. The summed E-state index contributed by atoms with van der Waals surface area (Å²) in [6, 6.07) is 2.13. The number of thioether (sulfide) groups is 1. The standard InChI is InChI=1S/C13H17N5OS/c1-7(2)6-18-10(15)8(5-14)9-11(18)16-13(20-4)17-12(9)19-3/h7H,6,15H2,1-4H3. The quantitative estimate of drug-likeness (QED) is 0.686. The van der Waals surface area contributed by atoms with Crippen LogP contribution in [0.25, 0.3) is 11.0 Å². The molecule has 106 valence electrons. The van der Waals surface area contributed by atoms with Gasteiger partial charge in [-0.25, -0.2) is 4.98 Å². The summed E-state index contributed by atoms with van der Waals surface area (Å²) in [6.45, 7) is 4.87. The predicted molar refractivity (Wildman–Crippen MR) is 79.8 cm³/mol. The molecule has 2 heterocycles. The van der Waals surface area contributed by atoms with Crippen molar-refractivity contribution in [1.82, 2.24) is 14.5 Å². The van der Waals surface area contributed by atoms with Crippen LogP contribution in [0, 0.1) is 17.2 Å². The third-order valence-corrected chi connectivity index (χ3v) is 3.47. The lowest BCUT2D eigenvalue weighted by Gasteiger charge is -2.10. The van der Waals surface area contributed by atoms with Crippen LogP contribution < -0.4 is 10.5 Å². The van der Waals surface area contributed by atoms with E-state index in [1.807, 2.05) is 10.8 Å². The number of anilines is 1. The molecule has 0 saturated heterocycles. The number of fused-ring (bicyclic) bond motifs is 1. The van der Waals surface area contributed by atoms with Crippen molar-refractivity contribution in [3.05, 3.63) is 5.56 Å². The fraction of sp³-hybridized carbons (Fsp3) is 0.462. The number of nitrogens with zero attached hydrogens (tertiary/aromatic N) is 4. The van der Waals surface area contributed by atoms with Gasteiger partial charge in [0.05, 0.1) is 7.11 Å². The van der Waals surface area contributed by atoms with Gasteiger partial charge in [0.15, 0.2) is 10.8 Å². The molecule has 0 aliphatic heterocycles. The van der Waals surface area contributed by atoms with Crippen molar-refractivity contribution in [2.24, 2.45) is 5.92 Å². The van der Waals surface area contributed by atoms with Crippen molar-refractivity contribution in [2.75, 3.05) is 19.1 Å². The number of nitrogen functional groups attached to an aromatic ring is 1. The summed E-state index contributed by atoms with van der Waals surface area (Å²) >= 11 is 1.42. The monoisotopic (exact) mass is 291 g/mol. The van der Waals surface area contributed by atoms with E-state index in [2.05, 4.69) is 29.9 Å². The van der Waals surface area contributed by atoms with Gasteiger partial charge in [0.2, 0.25) is 5.88 Å². The van der Waals surface area contributed by atoms with E-state index in [0.717, 1.165) is 0 Å². The molecule has 0 aromatic carbocycles. The van der Waals surface area contributed by atoms with Crippen molar-refractivity contribution >= 4 is 28.6 Å². The molecule has 0 spiro atoms. The summed E-state index contributed by atoms with van der Waals surface area (Å²) in [4.78, 5) is 8.78. The summed E-state index contributed by atoms with van der Waals surface area (Å²) in [5.41, 5.74) is 7.14. The Hall–Kier alpha value is -1.94. The number of ether oxygens (including phenoxy) is 1. The Morgan fingerprint density at radius 2 is 2.15 bits per heavy atom. The number of hydrogen-bond donors (Lipinski definition) is 1. The van der Waals surface area contributed by atoms with E-state index in [4.69, 9.17) is 10.5 Å². The molecular formula is C13H17N5OS.